The van der Waals surface area contributed by atoms with Gasteiger partial charge in [-0.05, 0) is 26.0 Å². The third-order valence-electron chi connectivity index (χ3n) is 4.07. The third kappa shape index (κ3) is 4.08. The lowest BCUT2D eigenvalue weighted by atomic mass is 10.0. The number of aromatic nitrogens is 2. The van der Waals surface area contributed by atoms with Gasteiger partial charge in [0, 0.05) is 7.11 Å². The molecule has 1 aromatic heterocycles. The molecule has 0 saturated heterocycles. The molecule has 1 N–H and O–H groups in total. The van der Waals surface area contributed by atoms with Gasteiger partial charge in [0.25, 0.3) is 17.7 Å². The van der Waals surface area contributed by atoms with Gasteiger partial charge in [-0.25, -0.2) is 0 Å². The van der Waals surface area contributed by atoms with E-state index in [-0.39, 0.29) is 25.0 Å². The fourth-order valence-electron chi connectivity index (χ4n) is 2.84. The maximum Gasteiger partial charge on any atom is 0.262 e. The van der Waals surface area contributed by atoms with Crippen molar-refractivity contribution in [2.45, 2.75) is 26.0 Å². The summed E-state index contributed by atoms with van der Waals surface area (Å²) >= 11 is 1.21. The average Bonchev–Trinajstić information content (AvgIpc) is 3.18. The van der Waals surface area contributed by atoms with Crippen molar-refractivity contribution >= 4 is 34.2 Å². The van der Waals surface area contributed by atoms with Crippen molar-refractivity contribution in [2.24, 2.45) is 0 Å². The van der Waals surface area contributed by atoms with Crippen LogP contribution in [0.15, 0.2) is 24.3 Å². The molecular weight excluding hydrogens is 384 g/mol. The van der Waals surface area contributed by atoms with Gasteiger partial charge in [0.15, 0.2) is 0 Å². The lowest BCUT2D eigenvalue weighted by Gasteiger charge is -2.33. The molecule has 0 spiro atoms. The zero-order chi connectivity index (χ0) is 20.3. The summed E-state index contributed by atoms with van der Waals surface area (Å²) in [6.45, 7) is 3.52. The highest BCUT2D eigenvalue weighted by Crippen LogP contribution is 2.29. The molecule has 3 amide bonds. The van der Waals surface area contributed by atoms with Crippen LogP contribution < -0.4 is 5.32 Å². The number of fused-ring (bicyclic) bond motifs is 1. The number of amides is 3. The Morgan fingerprint density at radius 3 is 2.43 bits per heavy atom. The molecule has 0 atom stereocenters. The molecule has 2 aromatic rings. The first-order valence-corrected chi connectivity index (χ1v) is 9.32. The first-order valence-electron chi connectivity index (χ1n) is 8.50. The van der Waals surface area contributed by atoms with Crippen molar-refractivity contribution in [2.75, 3.05) is 25.6 Å². The summed E-state index contributed by atoms with van der Waals surface area (Å²) in [7, 11) is 1.55. The van der Waals surface area contributed by atoms with E-state index in [1.165, 1.54) is 16.2 Å². The number of methoxy groups -OCH3 is 1. The van der Waals surface area contributed by atoms with Crippen LogP contribution in [0, 0.1) is 0 Å². The maximum atomic E-state index is 12.6. The van der Waals surface area contributed by atoms with Crippen LogP contribution in [0.1, 0.15) is 39.6 Å². The SMILES string of the molecule is COCc1nnc(NC(=O)COCC(C)(C)N2C(=O)c3ccccc3C2=O)s1. The topological polar surface area (TPSA) is 111 Å². The molecular formula is C18H20N4O5S. The van der Waals surface area contributed by atoms with E-state index in [0.29, 0.717) is 27.9 Å². The van der Waals surface area contributed by atoms with Gasteiger partial charge in [-0.3, -0.25) is 24.6 Å². The van der Waals surface area contributed by atoms with Gasteiger partial charge in [-0.15, -0.1) is 10.2 Å². The molecule has 0 unspecified atom stereocenters. The number of carbonyl (C=O) groups excluding carboxylic acids is 3. The molecule has 3 rings (SSSR count). The van der Waals surface area contributed by atoms with Crippen molar-refractivity contribution < 1.29 is 23.9 Å². The average molecular weight is 404 g/mol. The van der Waals surface area contributed by atoms with E-state index >= 15 is 0 Å². The molecule has 0 saturated carbocycles. The van der Waals surface area contributed by atoms with Crippen LogP contribution >= 0.6 is 11.3 Å². The number of hydrogen-bond donors (Lipinski definition) is 1. The van der Waals surface area contributed by atoms with Crippen LogP contribution in [0.4, 0.5) is 5.13 Å². The van der Waals surface area contributed by atoms with E-state index < -0.39 is 11.4 Å². The van der Waals surface area contributed by atoms with Gasteiger partial charge in [0.1, 0.15) is 18.2 Å². The fourth-order valence-corrected chi connectivity index (χ4v) is 3.57. The van der Waals surface area contributed by atoms with Gasteiger partial charge in [-0.1, -0.05) is 23.5 Å². The summed E-state index contributed by atoms with van der Waals surface area (Å²) in [4.78, 5) is 38.4. The second kappa shape index (κ2) is 8.13. The summed E-state index contributed by atoms with van der Waals surface area (Å²) in [5, 5.41) is 11.3. The summed E-state index contributed by atoms with van der Waals surface area (Å²) in [5.41, 5.74) is -0.162. The molecule has 0 aliphatic carbocycles. The smallest absolute Gasteiger partial charge is 0.262 e. The second-order valence-electron chi connectivity index (χ2n) is 6.78. The molecule has 1 aliphatic heterocycles. The van der Waals surface area contributed by atoms with Crippen molar-refractivity contribution in [3.63, 3.8) is 0 Å². The number of imide groups is 1. The molecule has 1 aliphatic rings. The molecule has 0 bridgehead atoms. The minimum atomic E-state index is -0.915. The Kier molecular flexibility index (Phi) is 5.82. The Hall–Kier alpha value is -2.69. The molecule has 0 radical (unpaired) electrons. The highest BCUT2D eigenvalue weighted by molar-refractivity contribution is 7.15. The predicted octanol–water partition coefficient (Wildman–Crippen LogP) is 1.71. The zero-order valence-electron chi connectivity index (χ0n) is 15.7. The number of hydrogen-bond acceptors (Lipinski definition) is 8. The van der Waals surface area contributed by atoms with E-state index in [1.54, 1.807) is 45.2 Å². The number of rotatable bonds is 8. The largest absolute Gasteiger partial charge is 0.377 e. The van der Waals surface area contributed by atoms with Crippen molar-refractivity contribution in [1.29, 1.82) is 0 Å². The van der Waals surface area contributed by atoms with Gasteiger partial charge in [0.05, 0.1) is 23.3 Å². The van der Waals surface area contributed by atoms with Gasteiger partial charge in [0.2, 0.25) is 5.13 Å². The van der Waals surface area contributed by atoms with Gasteiger partial charge in [-0.2, -0.15) is 0 Å². The molecule has 0 fully saturated rings. The number of nitrogens with one attached hydrogen (secondary N) is 1. The van der Waals surface area contributed by atoms with Crippen molar-refractivity contribution in [3.05, 3.63) is 40.4 Å². The van der Waals surface area contributed by atoms with Crippen LogP contribution in [0.5, 0.6) is 0 Å². The Morgan fingerprint density at radius 1 is 1.18 bits per heavy atom. The van der Waals surface area contributed by atoms with E-state index in [4.69, 9.17) is 9.47 Å². The summed E-state index contributed by atoms with van der Waals surface area (Å²) in [6, 6.07) is 6.68. The number of ether oxygens (including phenoxy) is 2. The number of nitrogens with zero attached hydrogens (tertiary/aromatic N) is 3. The monoisotopic (exact) mass is 404 g/mol. The van der Waals surface area contributed by atoms with Crippen LogP contribution in [-0.2, 0) is 20.9 Å². The predicted molar refractivity (Wildman–Crippen MR) is 101 cm³/mol. The fraction of sp³-hybridized carbons (Fsp3) is 0.389. The number of carbonyl (C=O) groups is 3. The van der Waals surface area contributed by atoms with Crippen molar-refractivity contribution in [1.82, 2.24) is 15.1 Å². The summed E-state index contributed by atoms with van der Waals surface area (Å²) in [5.74, 6) is -1.13. The molecule has 1 aromatic carbocycles. The van der Waals surface area contributed by atoms with Gasteiger partial charge >= 0.3 is 0 Å². The second-order valence-corrected chi connectivity index (χ2v) is 7.84. The van der Waals surface area contributed by atoms with E-state index in [2.05, 4.69) is 15.5 Å². The van der Waals surface area contributed by atoms with Crippen LogP contribution in [-0.4, -0.2) is 58.7 Å². The first-order chi connectivity index (χ1) is 13.3. The molecule has 10 heteroatoms. The quantitative estimate of drug-likeness (QED) is 0.667. The standard InChI is InChI=1S/C18H20N4O5S/c1-18(2,22-15(24)11-6-4-5-7-12(11)16(22)25)10-27-8-13(23)19-17-21-20-14(28-17)9-26-3/h4-7H,8-10H2,1-3H3,(H,19,21,23). The first kappa shape index (κ1) is 20.1. The molecule has 2 heterocycles. The minimum Gasteiger partial charge on any atom is -0.377 e. The lowest BCUT2D eigenvalue weighted by molar-refractivity contribution is -0.121. The third-order valence-corrected chi connectivity index (χ3v) is 4.88. The zero-order valence-corrected chi connectivity index (χ0v) is 16.5. The van der Waals surface area contributed by atoms with Crippen molar-refractivity contribution in [3.8, 4) is 0 Å². The number of anilines is 1. The highest BCUT2D eigenvalue weighted by Gasteiger charge is 2.44. The lowest BCUT2D eigenvalue weighted by Crippen LogP contribution is -2.50. The highest BCUT2D eigenvalue weighted by atomic mass is 32.1. The van der Waals surface area contributed by atoms with E-state index in [1.807, 2.05) is 0 Å². The van der Waals surface area contributed by atoms with Crippen LogP contribution in [0.2, 0.25) is 0 Å². The number of benzene rings is 1. The molecule has 148 valence electrons. The van der Waals surface area contributed by atoms with Gasteiger partial charge < -0.3 is 9.47 Å². The van der Waals surface area contributed by atoms with E-state index in [9.17, 15) is 14.4 Å². The summed E-state index contributed by atoms with van der Waals surface area (Å²) in [6.07, 6.45) is 0. The Morgan fingerprint density at radius 2 is 1.82 bits per heavy atom. The Bertz CT molecular complexity index is 876. The maximum absolute atomic E-state index is 12.6. The van der Waals surface area contributed by atoms with Crippen LogP contribution in [0.3, 0.4) is 0 Å². The molecule has 9 nitrogen and oxygen atoms in total. The Balaban J connectivity index is 1.54. The normalized spacial score (nSPS) is 13.8. The molecule has 28 heavy (non-hydrogen) atoms. The van der Waals surface area contributed by atoms with Crippen LogP contribution in [0.25, 0.3) is 0 Å². The minimum absolute atomic E-state index is 0.0108. The Labute approximate surface area is 165 Å². The summed E-state index contributed by atoms with van der Waals surface area (Å²) < 4.78 is 10.4. The van der Waals surface area contributed by atoms with E-state index in [0.717, 1.165) is 0 Å².